The number of anilines is 1. The maximum absolute atomic E-state index is 13.5. The van der Waals surface area contributed by atoms with Gasteiger partial charge in [0.2, 0.25) is 5.91 Å². The van der Waals surface area contributed by atoms with E-state index in [1.165, 1.54) is 25.6 Å². The van der Waals surface area contributed by atoms with Crippen molar-refractivity contribution < 1.29 is 9.59 Å². The number of likely N-dealkylation sites (tertiary alicyclic amines) is 1. The van der Waals surface area contributed by atoms with Gasteiger partial charge in [-0.2, -0.15) is 10.2 Å². The number of piperidine rings is 1. The van der Waals surface area contributed by atoms with Gasteiger partial charge in [-0.3, -0.25) is 14.3 Å². The zero-order chi connectivity index (χ0) is 26.2. The van der Waals surface area contributed by atoms with Crippen LogP contribution in [-0.2, 0) is 4.79 Å². The van der Waals surface area contributed by atoms with Crippen molar-refractivity contribution in [1.82, 2.24) is 29.3 Å². The van der Waals surface area contributed by atoms with Crippen molar-refractivity contribution >= 4 is 23.1 Å². The standard InChI is InChI=1S/C28H32N8O2/c29-26-25-21(22-12-13-32-35(22)20-9-2-1-3-10-20)16-24(36(25)33-17-31-26)18-7-6-8-19(15-18)28(38)34-14-5-4-11-23(34)27(30)37/h6-8,12-13,15-17,20,23H,1-5,9-11,14H2,(H2,30,37)(H2,29,31,33)/t23-/m0/s1. The van der Waals surface area contributed by atoms with Gasteiger partial charge in [0.25, 0.3) is 5.91 Å². The van der Waals surface area contributed by atoms with Gasteiger partial charge in [0.1, 0.15) is 17.9 Å². The van der Waals surface area contributed by atoms with Gasteiger partial charge in [-0.1, -0.05) is 31.4 Å². The molecular weight excluding hydrogens is 480 g/mol. The van der Waals surface area contributed by atoms with Crippen molar-refractivity contribution in [3.63, 3.8) is 0 Å². The number of benzene rings is 1. The Morgan fingerprint density at radius 2 is 1.74 bits per heavy atom. The number of hydrogen-bond acceptors (Lipinski definition) is 6. The van der Waals surface area contributed by atoms with Crippen LogP contribution in [0.25, 0.3) is 28.0 Å². The molecule has 38 heavy (non-hydrogen) atoms. The highest BCUT2D eigenvalue weighted by Crippen LogP contribution is 2.38. The van der Waals surface area contributed by atoms with Crippen molar-refractivity contribution in [2.24, 2.45) is 5.73 Å². The summed E-state index contributed by atoms with van der Waals surface area (Å²) in [5, 5.41) is 9.21. The van der Waals surface area contributed by atoms with E-state index in [2.05, 4.69) is 19.9 Å². The topological polar surface area (TPSA) is 137 Å². The average Bonchev–Trinajstić information content (AvgIpc) is 3.59. The molecule has 1 saturated carbocycles. The van der Waals surface area contributed by atoms with Crippen LogP contribution in [0.2, 0.25) is 0 Å². The van der Waals surface area contributed by atoms with Gasteiger partial charge in [-0.25, -0.2) is 9.50 Å². The molecule has 0 spiro atoms. The van der Waals surface area contributed by atoms with Gasteiger partial charge in [-0.05, 0) is 56.4 Å². The minimum atomic E-state index is -0.576. The van der Waals surface area contributed by atoms with Crippen LogP contribution in [0.5, 0.6) is 0 Å². The molecule has 3 aromatic heterocycles. The fourth-order valence-corrected chi connectivity index (χ4v) is 6.06. The number of rotatable bonds is 5. The second-order valence-corrected chi connectivity index (χ2v) is 10.3. The van der Waals surface area contributed by atoms with Crippen LogP contribution in [-0.4, -0.2) is 53.7 Å². The van der Waals surface area contributed by atoms with Gasteiger partial charge < -0.3 is 16.4 Å². The first-order valence-corrected chi connectivity index (χ1v) is 13.4. The Morgan fingerprint density at radius 1 is 0.921 bits per heavy atom. The third kappa shape index (κ3) is 4.19. The average molecular weight is 513 g/mol. The number of nitrogens with two attached hydrogens (primary N) is 2. The first-order chi connectivity index (χ1) is 18.5. The second-order valence-electron chi connectivity index (χ2n) is 10.3. The molecule has 2 aliphatic rings. The summed E-state index contributed by atoms with van der Waals surface area (Å²) in [6.07, 6.45) is 11.5. The van der Waals surface area contributed by atoms with E-state index >= 15 is 0 Å². The SMILES string of the molecule is NC(=O)[C@@H]1CCCCN1C(=O)c1cccc(-c2cc(-c3ccnn3C3CCCCC3)c3c(N)ncnn23)c1. The molecule has 4 heterocycles. The Bertz CT molecular complexity index is 1500. The number of hydrogen-bond donors (Lipinski definition) is 2. The summed E-state index contributed by atoms with van der Waals surface area (Å²) >= 11 is 0. The zero-order valence-electron chi connectivity index (χ0n) is 21.3. The summed E-state index contributed by atoms with van der Waals surface area (Å²) in [7, 11) is 0. The van der Waals surface area contributed by atoms with Crippen LogP contribution in [0.15, 0.2) is 48.9 Å². The molecule has 1 atom stereocenters. The molecule has 0 bridgehead atoms. The summed E-state index contributed by atoms with van der Waals surface area (Å²) < 4.78 is 3.90. The van der Waals surface area contributed by atoms with Gasteiger partial charge in [-0.15, -0.1) is 0 Å². The van der Waals surface area contributed by atoms with E-state index in [0.29, 0.717) is 35.9 Å². The maximum atomic E-state index is 13.5. The van der Waals surface area contributed by atoms with Crippen molar-refractivity contribution in [1.29, 1.82) is 0 Å². The minimum Gasteiger partial charge on any atom is -0.382 e. The molecule has 1 aromatic carbocycles. The van der Waals surface area contributed by atoms with Crippen LogP contribution in [0.3, 0.4) is 0 Å². The molecule has 1 aliphatic heterocycles. The zero-order valence-corrected chi connectivity index (χ0v) is 21.3. The van der Waals surface area contributed by atoms with Crippen molar-refractivity contribution in [3.8, 4) is 22.5 Å². The van der Waals surface area contributed by atoms with Crippen LogP contribution in [0.1, 0.15) is 67.8 Å². The number of carbonyl (C=O) groups is 2. The third-order valence-electron chi connectivity index (χ3n) is 7.95. The van der Waals surface area contributed by atoms with Crippen LogP contribution in [0.4, 0.5) is 5.82 Å². The fraction of sp³-hybridized carbons (Fsp3) is 0.393. The molecule has 4 aromatic rings. The van der Waals surface area contributed by atoms with Gasteiger partial charge in [0, 0.05) is 29.4 Å². The lowest BCUT2D eigenvalue weighted by Crippen LogP contribution is -2.50. The molecule has 2 amide bonds. The van der Waals surface area contributed by atoms with Crippen LogP contribution >= 0.6 is 0 Å². The number of nitrogens with zero attached hydrogens (tertiary/aromatic N) is 6. The summed E-state index contributed by atoms with van der Waals surface area (Å²) in [5.74, 6) is -0.276. The summed E-state index contributed by atoms with van der Waals surface area (Å²) in [5.41, 5.74) is 16.7. The number of carbonyl (C=O) groups excluding carboxylic acids is 2. The first-order valence-electron chi connectivity index (χ1n) is 13.4. The fourth-order valence-electron chi connectivity index (χ4n) is 6.06. The van der Waals surface area contributed by atoms with E-state index < -0.39 is 11.9 Å². The lowest BCUT2D eigenvalue weighted by molar-refractivity contribution is -0.123. The number of nitrogen functional groups attached to an aromatic ring is 1. The molecule has 1 saturated heterocycles. The highest BCUT2D eigenvalue weighted by atomic mass is 16.2. The molecule has 196 valence electrons. The predicted molar refractivity (Wildman–Crippen MR) is 144 cm³/mol. The van der Waals surface area contributed by atoms with E-state index in [4.69, 9.17) is 11.5 Å². The minimum absolute atomic E-state index is 0.194. The molecule has 6 rings (SSSR count). The highest BCUT2D eigenvalue weighted by Gasteiger charge is 2.31. The quantitative estimate of drug-likeness (QED) is 0.417. The van der Waals surface area contributed by atoms with Crippen molar-refractivity contribution in [2.75, 3.05) is 12.3 Å². The van der Waals surface area contributed by atoms with Crippen LogP contribution < -0.4 is 11.5 Å². The van der Waals surface area contributed by atoms with Crippen LogP contribution in [0, 0.1) is 0 Å². The van der Waals surface area contributed by atoms with E-state index in [0.717, 1.165) is 48.2 Å². The molecule has 1 aliphatic carbocycles. The van der Waals surface area contributed by atoms with Gasteiger partial charge in [0.05, 0.1) is 17.4 Å². The molecule has 0 unspecified atom stereocenters. The Labute approximate surface area is 220 Å². The number of fused-ring (bicyclic) bond motifs is 1. The normalized spacial score (nSPS) is 18.6. The second kappa shape index (κ2) is 9.92. The maximum Gasteiger partial charge on any atom is 0.254 e. The molecule has 4 N–H and O–H groups in total. The summed E-state index contributed by atoms with van der Waals surface area (Å²) in [6, 6.07) is 11.2. The first kappa shape index (κ1) is 24.1. The molecule has 0 radical (unpaired) electrons. The monoisotopic (exact) mass is 512 g/mol. The Kier molecular flexibility index (Phi) is 6.30. The van der Waals surface area contributed by atoms with E-state index in [1.54, 1.807) is 15.5 Å². The molecule has 10 nitrogen and oxygen atoms in total. The summed E-state index contributed by atoms with van der Waals surface area (Å²) in [4.78, 5) is 31.4. The largest absolute Gasteiger partial charge is 0.382 e. The Hall–Kier alpha value is -4.21. The van der Waals surface area contributed by atoms with E-state index in [1.807, 2.05) is 36.5 Å². The Morgan fingerprint density at radius 3 is 2.55 bits per heavy atom. The smallest absolute Gasteiger partial charge is 0.254 e. The van der Waals surface area contributed by atoms with E-state index in [-0.39, 0.29) is 5.91 Å². The number of primary amides is 1. The number of aromatic nitrogens is 5. The van der Waals surface area contributed by atoms with Crippen molar-refractivity contribution in [2.45, 2.75) is 63.5 Å². The summed E-state index contributed by atoms with van der Waals surface area (Å²) in [6.45, 7) is 0.518. The lowest BCUT2D eigenvalue weighted by atomic mass is 9.95. The van der Waals surface area contributed by atoms with Gasteiger partial charge >= 0.3 is 0 Å². The molecule has 10 heteroatoms. The predicted octanol–water partition coefficient (Wildman–Crippen LogP) is 3.83. The lowest BCUT2D eigenvalue weighted by Gasteiger charge is -2.33. The molecule has 2 fully saturated rings. The van der Waals surface area contributed by atoms with Gasteiger partial charge in [0.15, 0.2) is 5.82 Å². The molecular formula is C28H32N8O2. The number of amides is 2. The third-order valence-corrected chi connectivity index (χ3v) is 7.95. The Balaban J connectivity index is 1.43. The highest BCUT2D eigenvalue weighted by molar-refractivity contribution is 5.99. The van der Waals surface area contributed by atoms with E-state index in [9.17, 15) is 9.59 Å². The van der Waals surface area contributed by atoms with Crippen molar-refractivity contribution in [3.05, 3.63) is 54.5 Å².